The van der Waals surface area contributed by atoms with E-state index in [1.807, 2.05) is 0 Å². The summed E-state index contributed by atoms with van der Waals surface area (Å²) < 4.78 is 13.0. The summed E-state index contributed by atoms with van der Waals surface area (Å²) in [5.74, 6) is 0. The van der Waals surface area contributed by atoms with Crippen LogP contribution in [-0.4, -0.2) is 18.3 Å². The van der Waals surface area contributed by atoms with Crippen LogP contribution >= 0.6 is 0 Å². The molecule has 0 bridgehead atoms. The molecule has 0 N–H and O–H groups in total. The average Bonchev–Trinajstić information content (AvgIpc) is 3.30. The molecule has 1 aliphatic heterocycles. The van der Waals surface area contributed by atoms with Crippen molar-refractivity contribution in [1.82, 2.24) is 0 Å². The lowest BCUT2D eigenvalue weighted by Crippen LogP contribution is -2.41. The molecule has 1 saturated heterocycles. The fraction of sp³-hybridized carbons (Fsp3) is 0.243. The SMILES string of the molecule is CC1(C)c2ccccc2-c2ccc(-c3ccc4ccc5c(B6OC(C)(C)C(C)(C)O6)ccc6ccc3c4c65)cc21. The van der Waals surface area contributed by atoms with Crippen molar-refractivity contribution < 1.29 is 9.31 Å². The van der Waals surface area contributed by atoms with Crippen LogP contribution in [0.1, 0.15) is 52.7 Å². The molecule has 0 radical (unpaired) electrons. The Balaban J connectivity index is 1.33. The van der Waals surface area contributed by atoms with Gasteiger partial charge in [-0.05, 0) is 105 Å². The Kier molecular flexibility index (Phi) is 4.68. The molecule has 196 valence electrons. The summed E-state index contributed by atoms with van der Waals surface area (Å²) in [4.78, 5) is 0. The van der Waals surface area contributed by atoms with Crippen molar-refractivity contribution in [3.63, 3.8) is 0 Å². The molecule has 3 heteroatoms. The van der Waals surface area contributed by atoms with Gasteiger partial charge in [0.2, 0.25) is 0 Å². The molecular formula is C37H33BO2. The van der Waals surface area contributed by atoms with Gasteiger partial charge in [0.15, 0.2) is 0 Å². The number of benzene rings is 6. The summed E-state index contributed by atoms with van der Waals surface area (Å²) in [6.07, 6.45) is 0. The highest BCUT2D eigenvalue weighted by Gasteiger charge is 2.52. The van der Waals surface area contributed by atoms with E-state index in [2.05, 4.69) is 133 Å². The second kappa shape index (κ2) is 7.75. The quantitative estimate of drug-likeness (QED) is 0.168. The van der Waals surface area contributed by atoms with Crippen molar-refractivity contribution >= 4 is 44.9 Å². The maximum absolute atomic E-state index is 6.50. The monoisotopic (exact) mass is 520 g/mol. The van der Waals surface area contributed by atoms with Crippen molar-refractivity contribution in [2.75, 3.05) is 0 Å². The third-order valence-electron chi connectivity index (χ3n) is 10.1. The van der Waals surface area contributed by atoms with E-state index in [0.717, 1.165) is 5.46 Å². The summed E-state index contributed by atoms with van der Waals surface area (Å²) in [5, 5.41) is 7.60. The van der Waals surface area contributed by atoms with E-state index in [1.54, 1.807) is 0 Å². The van der Waals surface area contributed by atoms with E-state index in [-0.39, 0.29) is 16.6 Å². The molecular weight excluding hydrogens is 487 g/mol. The van der Waals surface area contributed by atoms with Crippen LogP contribution in [0, 0.1) is 0 Å². The average molecular weight is 520 g/mol. The summed E-state index contributed by atoms with van der Waals surface area (Å²) in [6.45, 7) is 13.2. The molecule has 8 rings (SSSR count). The summed E-state index contributed by atoms with van der Waals surface area (Å²) in [5.41, 5.74) is 8.39. The predicted molar refractivity (Wildman–Crippen MR) is 169 cm³/mol. The number of hydrogen-bond donors (Lipinski definition) is 0. The number of fused-ring (bicyclic) bond motifs is 3. The molecule has 6 aromatic rings. The molecule has 0 unspecified atom stereocenters. The van der Waals surface area contributed by atoms with E-state index in [1.165, 1.54) is 65.7 Å². The van der Waals surface area contributed by atoms with Crippen LogP contribution < -0.4 is 5.46 Å². The second-order valence-corrected chi connectivity index (χ2v) is 13.2. The van der Waals surface area contributed by atoms with Gasteiger partial charge >= 0.3 is 7.12 Å². The molecule has 0 atom stereocenters. The fourth-order valence-electron chi connectivity index (χ4n) is 7.12. The van der Waals surface area contributed by atoms with Gasteiger partial charge in [0.05, 0.1) is 11.2 Å². The molecule has 0 amide bonds. The van der Waals surface area contributed by atoms with Crippen LogP contribution in [0.25, 0.3) is 54.6 Å². The topological polar surface area (TPSA) is 18.5 Å². The van der Waals surface area contributed by atoms with Crippen molar-refractivity contribution in [3.05, 3.63) is 102 Å². The standard InChI is InChI=1S/C37H33BO2/c1-35(2)30-10-8-7-9-26(30)27-17-14-24(21-31(27)35)25-16-11-22-13-19-29-32(38-39-36(3,4)37(5,6)40-38)20-15-23-12-18-28(25)33(22)34(23)29/h7-21H,1-6H3. The lowest BCUT2D eigenvalue weighted by atomic mass is 9.74. The van der Waals surface area contributed by atoms with E-state index in [4.69, 9.17) is 9.31 Å². The Morgan fingerprint density at radius 2 is 1.10 bits per heavy atom. The Bertz CT molecular complexity index is 1980. The van der Waals surface area contributed by atoms with Gasteiger partial charge in [-0.1, -0.05) is 98.8 Å². The largest absolute Gasteiger partial charge is 0.495 e. The lowest BCUT2D eigenvalue weighted by molar-refractivity contribution is 0.00578. The minimum Gasteiger partial charge on any atom is -0.399 e. The highest BCUT2D eigenvalue weighted by atomic mass is 16.7. The van der Waals surface area contributed by atoms with E-state index < -0.39 is 7.12 Å². The van der Waals surface area contributed by atoms with Crippen LogP contribution in [0.2, 0.25) is 0 Å². The first-order valence-corrected chi connectivity index (χ1v) is 14.4. The van der Waals surface area contributed by atoms with Gasteiger partial charge in [-0.15, -0.1) is 0 Å². The molecule has 6 aromatic carbocycles. The zero-order valence-electron chi connectivity index (χ0n) is 24.1. The zero-order valence-corrected chi connectivity index (χ0v) is 24.1. The van der Waals surface area contributed by atoms with Gasteiger partial charge < -0.3 is 9.31 Å². The van der Waals surface area contributed by atoms with Crippen molar-refractivity contribution in [2.24, 2.45) is 0 Å². The van der Waals surface area contributed by atoms with Gasteiger partial charge in [0, 0.05) is 5.41 Å². The van der Waals surface area contributed by atoms with Crippen LogP contribution in [0.4, 0.5) is 0 Å². The smallest absolute Gasteiger partial charge is 0.399 e. The molecule has 0 saturated carbocycles. The van der Waals surface area contributed by atoms with Crippen LogP contribution in [0.5, 0.6) is 0 Å². The highest BCUT2D eigenvalue weighted by Crippen LogP contribution is 2.50. The van der Waals surface area contributed by atoms with Crippen LogP contribution in [0.15, 0.2) is 91.0 Å². The third-order valence-corrected chi connectivity index (χ3v) is 10.1. The molecule has 2 aliphatic rings. The fourth-order valence-corrected chi connectivity index (χ4v) is 7.12. The normalized spacial score (nSPS) is 18.6. The first-order chi connectivity index (χ1) is 19.1. The van der Waals surface area contributed by atoms with E-state index >= 15 is 0 Å². The molecule has 2 nitrogen and oxygen atoms in total. The molecule has 0 spiro atoms. The van der Waals surface area contributed by atoms with E-state index in [9.17, 15) is 0 Å². The molecule has 0 aromatic heterocycles. The van der Waals surface area contributed by atoms with Gasteiger partial charge in [-0.3, -0.25) is 0 Å². The van der Waals surface area contributed by atoms with Gasteiger partial charge in [-0.25, -0.2) is 0 Å². The minimum absolute atomic E-state index is 0.0243. The second-order valence-electron chi connectivity index (χ2n) is 13.2. The third kappa shape index (κ3) is 3.08. The van der Waals surface area contributed by atoms with Crippen LogP contribution in [-0.2, 0) is 14.7 Å². The van der Waals surface area contributed by atoms with Crippen molar-refractivity contribution in [3.8, 4) is 22.3 Å². The zero-order chi connectivity index (χ0) is 27.6. The van der Waals surface area contributed by atoms with E-state index in [0.29, 0.717) is 0 Å². The Morgan fingerprint density at radius 1 is 0.525 bits per heavy atom. The van der Waals surface area contributed by atoms with Crippen molar-refractivity contribution in [1.29, 1.82) is 0 Å². The van der Waals surface area contributed by atoms with Gasteiger partial charge in [-0.2, -0.15) is 0 Å². The van der Waals surface area contributed by atoms with Crippen molar-refractivity contribution in [2.45, 2.75) is 58.2 Å². The molecule has 1 heterocycles. The first kappa shape index (κ1) is 24.2. The van der Waals surface area contributed by atoms with Gasteiger partial charge in [0.1, 0.15) is 0 Å². The number of hydrogen-bond acceptors (Lipinski definition) is 2. The minimum atomic E-state index is -0.394. The molecule has 40 heavy (non-hydrogen) atoms. The Morgan fingerprint density at radius 3 is 1.85 bits per heavy atom. The first-order valence-electron chi connectivity index (χ1n) is 14.4. The molecule has 1 fully saturated rings. The maximum Gasteiger partial charge on any atom is 0.495 e. The summed E-state index contributed by atoms with van der Waals surface area (Å²) >= 11 is 0. The highest BCUT2D eigenvalue weighted by molar-refractivity contribution is 6.65. The van der Waals surface area contributed by atoms with Gasteiger partial charge in [0.25, 0.3) is 0 Å². The molecule has 1 aliphatic carbocycles. The summed E-state index contributed by atoms with van der Waals surface area (Å²) in [7, 11) is -0.394. The van der Waals surface area contributed by atoms with Crippen LogP contribution in [0.3, 0.4) is 0 Å². The Hall–Kier alpha value is -3.66. The maximum atomic E-state index is 6.50. The predicted octanol–water partition coefficient (Wildman–Crippen LogP) is 8.86. The lowest BCUT2D eigenvalue weighted by Gasteiger charge is -2.32. The number of rotatable bonds is 2. The Labute approximate surface area is 236 Å². The summed E-state index contributed by atoms with van der Waals surface area (Å²) in [6, 6.07) is 34.0.